The lowest BCUT2D eigenvalue weighted by Gasteiger charge is -2.36. The highest BCUT2D eigenvalue weighted by atomic mass is 32.2. The predicted octanol–water partition coefficient (Wildman–Crippen LogP) is 6.08. The number of aliphatic hydroxyl groups is 1. The third-order valence-corrected chi connectivity index (χ3v) is 9.35. The van der Waals surface area contributed by atoms with Crippen molar-refractivity contribution in [2.75, 3.05) is 17.8 Å². The van der Waals surface area contributed by atoms with Crippen LogP contribution in [0.3, 0.4) is 0 Å². The number of thioether (sulfide) groups is 1. The van der Waals surface area contributed by atoms with Crippen LogP contribution in [-0.2, 0) is 37.0 Å². The van der Waals surface area contributed by atoms with Crippen LogP contribution in [0.1, 0.15) is 47.5 Å². The zero-order valence-corrected chi connectivity index (χ0v) is 27.1. The number of carbonyl (C=O) groups is 3. The van der Waals surface area contributed by atoms with Crippen molar-refractivity contribution in [1.29, 1.82) is 0 Å². The van der Waals surface area contributed by atoms with Crippen molar-refractivity contribution in [1.82, 2.24) is 5.32 Å². The van der Waals surface area contributed by atoms with Gasteiger partial charge in [0.2, 0.25) is 5.91 Å². The molecule has 4 atom stereocenters. The van der Waals surface area contributed by atoms with Crippen LogP contribution >= 0.6 is 11.8 Å². The van der Waals surface area contributed by atoms with Gasteiger partial charge in [-0.1, -0.05) is 78.9 Å². The molecule has 2 fully saturated rings. The van der Waals surface area contributed by atoms with Crippen molar-refractivity contribution in [3.8, 4) is 5.75 Å². The van der Waals surface area contributed by atoms with E-state index in [1.807, 2.05) is 84.9 Å². The number of methoxy groups -OCH3 is 1. The van der Waals surface area contributed by atoms with Gasteiger partial charge < -0.3 is 29.4 Å². The third kappa shape index (κ3) is 7.88. The molecule has 0 aromatic heterocycles. The molecule has 0 bridgehead atoms. The van der Waals surface area contributed by atoms with Gasteiger partial charge in [-0.25, -0.2) is 9.69 Å². The number of amides is 3. The molecule has 4 aromatic rings. The van der Waals surface area contributed by atoms with Crippen LogP contribution in [-0.4, -0.2) is 48.0 Å². The minimum absolute atomic E-state index is 0.0413. The maximum Gasteiger partial charge on any atom is 0.408 e. The number of imide groups is 1. The van der Waals surface area contributed by atoms with Crippen LogP contribution in [0.2, 0.25) is 0 Å². The number of alkyl carbamates (subject to hydrolysis) is 1. The first kappa shape index (κ1) is 33.2. The summed E-state index contributed by atoms with van der Waals surface area (Å²) in [4.78, 5) is 41.0. The zero-order chi connectivity index (χ0) is 33.5. The van der Waals surface area contributed by atoms with E-state index in [1.165, 1.54) is 0 Å². The molecule has 2 aliphatic heterocycles. The zero-order valence-electron chi connectivity index (χ0n) is 26.3. The van der Waals surface area contributed by atoms with Crippen LogP contribution in [0.5, 0.6) is 5.75 Å². The molecule has 6 rings (SSSR count). The summed E-state index contributed by atoms with van der Waals surface area (Å²) in [5.74, 6) is 0.422. The molecule has 48 heavy (non-hydrogen) atoms. The molecule has 1 unspecified atom stereocenters. The lowest BCUT2D eigenvalue weighted by molar-refractivity contribution is -0.245. The first-order chi connectivity index (χ1) is 23.4. The van der Waals surface area contributed by atoms with Crippen LogP contribution in [0.15, 0.2) is 108 Å². The van der Waals surface area contributed by atoms with Gasteiger partial charge in [0.1, 0.15) is 18.4 Å². The monoisotopic (exact) mass is 668 g/mol. The molecule has 0 aliphatic carbocycles. The number of hydrogen-bond acceptors (Lipinski definition) is 9. The first-order valence-electron chi connectivity index (χ1n) is 15.6. The number of rotatable bonds is 11. The number of aliphatic hydroxyl groups excluding tert-OH is 1. The quantitative estimate of drug-likeness (QED) is 0.145. The second-order valence-electron chi connectivity index (χ2n) is 11.4. The van der Waals surface area contributed by atoms with Gasteiger partial charge in [-0.05, 0) is 41.0 Å². The summed E-state index contributed by atoms with van der Waals surface area (Å²) in [6.45, 7) is -0.0126. The van der Waals surface area contributed by atoms with Gasteiger partial charge in [-0.3, -0.25) is 9.59 Å². The Balaban J connectivity index is 1.17. The van der Waals surface area contributed by atoms with E-state index < -0.39 is 30.2 Å². The van der Waals surface area contributed by atoms with E-state index >= 15 is 0 Å². The van der Waals surface area contributed by atoms with Crippen molar-refractivity contribution < 1.29 is 38.4 Å². The number of para-hydroxylation sites is 1. The van der Waals surface area contributed by atoms with Crippen molar-refractivity contribution in [3.05, 3.63) is 125 Å². The summed E-state index contributed by atoms with van der Waals surface area (Å²) in [7, 11) is 1.64. The molecule has 0 radical (unpaired) electrons. The molecule has 10 nitrogen and oxygen atoms in total. The van der Waals surface area contributed by atoms with Crippen molar-refractivity contribution in [2.24, 2.45) is 0 Å². The van der Waals surface area contributed by atoms with E-state index in [2.05, 4.69) is 5.32 Å². The molecule has 2 saturated heterocycles. The van der Waals surface area contributed by atoms with Gasteiger partial charge in [0.05, 0.1) is 38.0 Å². The van der Waals surface area contributed by atoms with E-state index in [0.29, 0.717) is 23.4 Å². The Morgan fingerprint density at radius 3 is 2.46 bits per heavy atom. The van der Waals surface area contributed by atoms with Crippen LogP contribution < -0.4 is 15.0 Å². The van der Waals surface area contributed by atoms with Gasteiger partial charge in [-0.15, -0.1) is 11.8 Å². The summed E-state index contributed by atoms with van der Waals surface area (Å²) in [5.41, 5.74) is 3.54. The van der Waals surface area contributed by atoms with Gasteiger partial charge in [0, 0.05) is 22.6 Å². The summed E-state index contributed by atoms with van der Waals surface area (Å²) >= 11 is 1.63. The van der Waals surface area contributed by atoms with E-state index in [1.54, 1.807) is 37.1 Å². The lowest BCUT2D eigenvalue weighted by Crippen LogP contribution is -2.42. The molecule has 2 N–H and O–H groups in total. The largest absolute Gasteiger partial charge is 0.496 e. The Morgan fingerprint density at radius 2 is 1.69 bits per heavy atom. The number of hydrogen-bond donors (Lipinski definition) is 2. The number of benzene rings is 4. The molecule has 0 spiro atoms. The summed E-state index contributed by atoms with van der Waals surface area (Å²) in [6.07, 6.45) is -1.69. The van der Waals surface area contributed by atoms with Crippen LogP contribution in [0, 0.1) is 0 Å². The Hall–Kier alpha value is -4.68. The van der Waals surface area contributed by atoms with E-state index in [4.69, 9.17) is 18.9 Å². The maximum atomic E-state index is 13.4. The van der Waals surface area contributed by atoms with Gasteiger partial charge >= 0.3 is 6.09 Å². The van der Waals surface area contributed by atoms with Gasteiger partial charge in [0.15, 0.2) is 6.29 Å². The maximum absolute atomic E-state index is 13.4. The standard InChI is InChI=1S/C37H36N2O8S/c1-44-31-12-5-6-13-33(31)48-23-29-19-32(26-16-14-24(21-40)15-17-26)47-36(46-29)27-10-7-11-28(18-27)39-34(41)20-30(35(39)42)38-37(43)45-22-25-8-3-2-4-9-25/h2-18,29-30,32,36,40H,19-23H2,1H3,(H,38,43)/t29-,30?,32+,36+/m0/s1. The molecule has 2 aliphatic rings. The highest BCUT2D eigenvalue weighted by Crippen LogP contribution is 2.41. The second kappa shape index (κ2) is 15.5. The topological polar surface area (TPSA) is 124 Å². The van der Waals surface area contributed by atoms with E-state index in [9.17, 15) is 19.5 Å². The Kier molecular flexibility index (Phi) is 10.7. The fourth-order valence-electron chi connectivity index (χ4n) is 5.68. The SMILES string of the molecule is COc1ccccc1SC[C@@H]1C[C@H](c2ccc(CO)cc2)O[C@H](c2cccc(N3C(=O)CC(NC(=O)OCc4ccccc4)C3=O)c2)O1. The lowest BCUT2D eigenvalue weighted by atomic mass is 10.0. The molecule has 0 saturated carbocycles. The Morgan fingerprint density at radius 1 is 0.917 bits per heavy atom. The third-order valence-electron chi connectivity index (χ3n) is 8.16. The number of ether oxygens (including phenoxy) is 4. The normalized spacial score (nSPS) is 20.8. The first-order valence-corrected chi connectivity index (χ1v) is 16.6. The molecule has 2 heterocycles. The second-order valence-corrected chi connectivity index (χ2v) is 12.5. The molecular weight excluding hydrogens is 632 g/mol. The van der Waals surface area contributed by atoms with Crippen molar-refractivity contribution in [3.63, 3.8) is 0 Å². The van der Waals surface area contributed by atoms with E-state index in [-0.39, 0.29) is 31.8 Å². The number of anilines is 1. The minimum Gasteiger partial charge on any atom is -0.496 e. The highest BCUT2D eigenvalue weighted by molar-refractivity contribution is 7.99. The fourth-order valence-corrected chi connectivity index (χ4v) is 6.73. The van der Waals surface area contributed by atoms with Crippen molar-refractivity contribution in [2.45, 2.75) is 55.5 Å². The minimum atomic E-state index is -1.05. The summed E-state index contributed by atoms with van der Waals surface area (Å²) < 4.78 is 23.8. The highest BCUT2D eigenvalue weighted by Gasteiger charge is 2.41. The average Bonchev–Trinajstić information content (AvgIpc) is 3.41. The van der Waals surface area contributed by atoms with E-state index in [0.717, 1.165) is 32.2 Å². The average molecular weight is 669 g/mol. The Labute approximate surface area is 283 Å². The molecule has 11 heteroatoms. The van der Waals surface area contributed by atoms with Crippen LogP contribution in [0.25, 0.3) is 0 Å². The Bertz CT molecular complexity index is 1740. The molecule has 4 aromatic carbocycles. The molecule has 248 valence electrons. The smallest absolute Gasteiger partial charge is 0.408 e. The fraction of sp³-hybridized carbons (Fsp3) is 0.270. The van der Waals surface area contributed by atoms with Gasteiger partial charge in [0.25, 0.3) is 5.91 Å². The van der Waals surface area contributed by atoms with Gasteiger partial charge in [-0.2, -0.15) is 0 Å². The molecular formula is C37H36N2O8S. The summed E-state index contributed by atoms with van der Waals surface area (Å²) in [5, 5.41) is 12.1. The van der Waals surface area contributed by atoms with Crippen LogP contribution in [0.4, 0.5) is 10.5 Å². The number of nitrogens with zero attached hydrogens (tertiary/aromatic N) is 1. The number of nitrogens with one attached hydrogen (secondary N) is 1. The predicted molar refractivity (Wildman–Crippen MR) is 179 cm³/mol. The molecule has 3 amide bonds. The number of carbonyl (C=O) groups excluding carboxylic acids is 3. The summed E-state index contributed by atoms with van der Waals surface area (Å²) in [6, 6.07) is 30.5. The van der Waals surface area contributed by atoms with Crippen molar-refractivity contribution >= 4 is 35.4 Å².